The van der Waals surface area contributed by atoms with Crippen molar-refractivity contribution >= 4 is 39.1 Å². The second kappa shape index (κ2) is 8.40. The molecule has 0 aliphatic carbocycles. The van der Waals surface area contributed by atoms with Crippen molar-refractivity contribution in [3.8, 4) is 11.5 Å². The van der Waals surface area contributed by atoms with E-state index in [1.165, 1.54) is 17.5 Å². The zero-order chi connectivity index (χ0) is 21.1. The highest BCUT2D eigenvalue weighted by molar-refractivity contribution is 7.21. The van der Waals surface area contributed by atoms with Crippen molar-refractivity contribution in [1.82, 2.24) is 10.3 Å². The van der Waals surface area contributed by atoms with Crippen LogP contribution in [0.4, 0.5) is 0 Å². The number of fused-ring (bicyclic) bond motifs is 1. The Morgan fingerprint density at radius 1 is 1.21 bits per heavy atom. The largest absolute Gasteiger partial charge is 0.457 e. The normalized spacial score (nSPS) is 11.7. The second-order valence-electron chi connectivity index (χ2n) is 6.76. The first-order valence-electron chi connectivity index (χ1n) is 9.07. The van der Waals surface area contributed by atoms with E-state index >= 15 is 0 Å². The van der Waals surface area contributed by atoms with Gasteiger partial charge in [0.25, 0.3) is 5.91 Å². The highest BCUT2D eigenvalue weighted by atomic mass is 32.1. The Morgan fingerprint density at radius 2 is 1.93 bits per heavy atom. The fraction of sp³-hybridized carbons (Fsp3) is 0.238. The van der Waals surface area contributed by atoms with E-state index < -0.39 is 0 Å². The number of carbonyl (C=O) groups is 2. The highest BCUT2D eigenvalue weighted by Crippen LogP contribution is 2.34. The molecule has 0 saturated heterocycles. The average molecular weight is 410 g/mol. The third-order valence-corrected chi connectivity index (χ3v) is 5.57. The summed E-state index contributed by atoms with van der Waals surface area (Å²) in [5, 5.41) is 3.56. The summed E-state index contributed by atoms with van der Waals surface area (Å²) in [6.07, 6.45) is 1.52. The lowest BCUT2D eigenvalue weighted by Crippen LogP contribution is -2.18. The van der Waals surface area contributed by atoms with E-state index in [4.69, 9.17) is 10.5 Å². The molecule has 0 atom stereocenters. The van der Waals surface area contributed by atoms with Gasteiger partial charge in [-0.25, -0.2) is 0 Å². The van der Waals surface area contributed by atoms with E-state index in [2.05, 4.69) is 15.3 Å². The first kappa shape index (κ1) is 20.5. The minimum atomic E-state index is -0.282. The van der Waals surface area contributed by atoms with Gasteiger partial charge in [0.1, 0.15) is 23.0 Å². The summed E-state index contributed by atoms with van der Waals surface area (Å²) in [6, 6.07) is 8.95. The van der Waals surface area contributed by atoms with Gasteiger partial charge in [-0.05, 0) is 42.1 Å². The van der Waals surface area contributed by atoms with E-state index in [0.29, 0.717) is 11.5 Å². The van der Waals surface area contributed by atoms with Crippen molar-refractivity contribution < 1.29 is 14.3 Å². The number of ether oxygens (including phenoxy) is 1. The minimum absolute atomic E-state index is 0.205. The molecule has 0 bridgehead atoms. The van der Waals surface area contributed by atoms with Gasteiger partial charge in [0.15, 0.2) is 0 Å². The van der Waals surface area contributed by atoms with Crippen LogP contribution in [0.25, 0.3) is 10.1 Å². The van der Waals surface area contributed by atoms with Gasteiger partial charge in [-0.3, -0.25) is 14.6 Å². The molecule has 8 heteroatoms. The third-order valence-electron chi connectivity index (χ3n) is 4.29. The zero-order valence-corrected chi connectivity index (χ0v) is 17.5. The molecule has 0 spiro atoms. The molecule has 2 heterocycles. The van der Waals surface area contributed by atoms with Gasteiger partial charge >= 0.3 is 0 Å². The second-order valence-corrected chi connectivity index (χ2v) is 7.81. The number of benzene rings is 1. The molecule has 1 aromatic carbocycles. The third kappa shape index (κ3) is 4.43. The summed E-state index contributed by atoms with van der Waals surface area (Å²) < 4.78 is 6.86. The van der Waals surface area contributed by atoms with Crippen molar-refractivity contribution in [2.75, 3.05) is 7.05 Å². The molecule has 0 unspecified atom stereocenters. The van der Waals surface area contributed by atoms with Gasteiger partial charge in [-0.1, -0.05) is 13.8 Å². The fourth-order valence-electron chi connectivity index (χ4n) is 2.68. The van der Waals surface area contributed by atoms with E-state index in [1.807, 2.05) is 25.1 Å². The smallest absolute Gasteiger partial charge is 0.269 e. The summed E-state index contributed by atoms with van der Waals surface area (Å²) in [5.74, 6) is 0.629. The first-order valence-corrected chi connectivity index (χ1v) is 9.89. The van der Waals surface area contributed by atoms with Crippen LogP contribution in [0.5, 0.6) is 11.5 Å². The van der Waals surface area contributed by atoms with E-state index in [1.54, 1.807) is 33.0 Å². The number of nitrogens with one attached hydrogen (secondary N) is 1. The van der Waals surface area contributed by atoms with Crippen LogP contribution in [0.2, 0.25) is 0 Å². The number of aliphatic imine (C=N–C) groups is 1. The number of carbonyl (C=O) groups excluding carboxylic acids is 2. The molecular weight excluding hydrogens is 388 g/mol. The molecule has 2 amide bonds. The van der Waals surface area contributed by atoms with Crippen LogP contribution >= 0.6 is 11.3 Å². The van der Waals surface area contributed by atoms with Gasteiger partial charge < -0.3 is 15.8 Å². The first-order chi connectivity index (χ1) is 13.8. The summed E-state index contributed by atoms with van der Waals surface area (Å²) >= 11 is 1.46. The van der Waals surface area contributed by atoms with Crippen LogP contribution in [0.3, 0.4) is 0 Å². The van der Waals surface area contributed by atoms with Gasteiger partial charge in [0.2, 0.25) is 5.91 Å². The van der Waals surface area contributed by atoms with E-state index in [9.17, 15) is 9.59 Å². The van der Waals surface area contributed by atoms with Crippen LogP contribution in [0.1, 0.15) is 34.8 Å². The number of hydrogen-bond donors (Lipinski definition) is 2. The SMILES string of the molecule is CNC(=O)c1cc(Oc2ccc3c(C)c(C(N)=NC(=O)C(C)C)sc3c2)ccn1. The number of rotatable bonds is 5. The minimum Gasteiger partial charge on any atom is -0.457 e. The topological polar surface area (TPSA) is 107 Å². The predicted octanol–water partition coefficient (Wildman–Crippen LogP) is 3.64. The van der Waals surface area contributed by atoms with Gasteiger partial charge in [0, 0.05) is 29.9 Å². The van der Waals surface area contributed by atoms with Crippen LogP contribution in [0.15, 0.2) is 41.5 Å². The molecule has 7 nitrogen and oxygen atoms in total. The van der Waals surface area contributed by atoms with Crippen molar-refractivity contribution in [3.63, 3.8) is 0 Å². The number of aromatic nitrogens is 1. The lowest BCUT2D eigenvalue weighted by atomic mass is 10.1. The summed E-state index contributed by atoms with van der Waals surface area (Å²) in [7, 11) is 1.55. The lowest BCUT2D eigenvalue weighted by Gasteiger charge is -2.07. The highest BCUT2D eigenvalue weighted by Gasteiger charge is 2.15. The van der Waals surface area contributed by atoms with Crippen molar-refractivity contribution in [2.45, 2.75) is 20.8 Å². The van der Waals surface area contributed by atoms with E-state index in [0.717, 1.165) is 20.5 Å². The van der Waals surface area contributed by atoms with Crippen molar-refractivity contribution in [1.29, 1.82) is 0 Å². The average Bonchev–Trinajstić information content (AvgIpc) is 3.03. The number of nitrogens with zero attached hydrogens (tertiary/aromatic N) is 2. The summed E-state index contributed by atoms with van der Waals surface area (Å²) in [4.78, 5) is 32.5. The molecule has 2 aromatic heterocycles. The van der Waals surface area contributed by atoms with Crippen molar-refractivity contribution in [2.24, 2.45) is 16.6 Å². The summed E-state index contributed by atoms with van der Waals surface area (Å²) in [5.41, 5.74) is 7.33. The van der Waals surface area contributed by atoms with Gasteiger partial charge in [-0.15, -0.1) is 11.3 Å². The molecule has 3 N–H and O–H groups in total. The number of aryl methyl sites for hydroxylation is 1. The molecule has 29 heavy (non-hydrogen) atoms. The molecular formula is C21H22N4O3S. The quantitative estimate of drug-likeness (QED) is 0.493. The molecule has 150 valence electrons. The fourth-order valence-corrected chi connectivity index (χ4v) is 3.81. The Kier molecular flexibility index (Phi) is 5.93. The standard InChI is InChI=1S/C21H22N4O3S/c1-11(2)20(26)25-19(22)18-12(3)15-6-5-13(10-17(15)29-18)28-14-7-8-24-16(9-14)21(27)23-4/h5-11H,1-4H3,(H,23,27)(H2,22,25,26). The molecule has 3 rings (SSSR count). The van der Waals surface area contributed by atoms with Gasteiger partial charge in [0.05, 0.1) is 4.88 Å². The monoisotopic (exact) mass is 410 g/mol. The lowest BCUT2D eigenvalue weighted by molar-refractivity contribution is -0.120. The number of thiophene rings is 1. The van der Waals surface area contributed by atoms with Crippen molar-refractivity contribution in [3.05, 3.63) is 52.7 Å². The van der Waals surface area contributed by atoms with E-state index in [-0.39, 0.29) is 29.3 Å². The van der Waals surface area contributed by atoms with Crippen LogP contribution in [-0.2, 0) is 4.79 Å². The molecule has 0 radical (unpaired) electrons. The Balaban J connectivity index is 1.91. The zero-order valence-electron chi connectivity index (χ0n) is 16.6. The maximum Gasteiger partial charge on any atom is 0.269 e. The number of amidine groups is 1. The number of nitrogens with two attached hydrogens (primary N) is 1. The molecule has 0 fully saturated rings. The Bertz CT molecular complexity index is 1120. The molecule has 0 aliphatic rings. The number of hydrogen-bond acceptors (Lipinski definition) is 5. The predicted molar refractivity (Wildman–Crippen MR) is 115 cm³/mol. The van der Waals surface area contributed by atoms with Crippen LogP contribution < -0.4 is 15.8 Å². The molecule has 0 aliphatic heterocycles. The maximum atomic E-state index is 11.9. The molecule has 0 saturated carbocycles. The van der Waals surface area contributed by atoms with Crippen LogP contribution in [0, 0.1) is 12.8 Å². The Morgan fingerprint density at radius 3 is 2.62 bits per heavy atom. The Hall–Kier alpha value is -3.26. The maximum absolute atomic E-state index is 11.9. The molecule has 3 aromatic rings. The summed E-state index contributed by atoms with van der Waals surface area (Å²) in [6.45, 7) is 5.53. The number of amides is 2. The Labute approximate surface area is 172 Å². The van der Waals surface area contributed by atoms with Gasteiger partial charge in [-0.2, -0.15) is 4.99 Å². The van der Waals surface area contributed by atoms with Crippen LogP contribution in [-0.4, -0.2) is 29.7 Å². The number of pyridine rings is 1.